The molecule has 0 bridgehead atoms. The Labute approximate surface area is 176 Å². The van der Waals surface area contributed by atoms with Crippen LogP contribution in [0, 0.1) is 0 Å². The fourth-order valence-corrected chi connectivity index (χ4v) is 4.93. The molecule has 1 aliphatic heterocycles. The van der Waals surface area contributed by atoms with Crippen LogP contribution in [0.5, 0.6) is 0 Å². The number of benzene rings is 2. The van der Waals surface area contributed by atoms with Crippen LogP contribution in [-0.2, 0) is 40.2 Å². The lowest BCUT2D eigenvalue weighted by Gasteiger charge is -2.28. The molecular weight excluding hydrogens is 400 g/mol. The van der Waals surface area contributed by atoms with Gasteiger partial charge >= 0.3 is 0 Å². The lowest BCUT2D eigenvalue weighted by molar-refractivity contribution is -0.119. The Hall–Kier alpha value is -2.97. The van der Waals surface area contributed by atoms with Crippen molar-refractivity contribution in [3.8, 4) is 0 Å². The van der Waals surface area contributed by atoms with E-state index in [1.54, 1.807) is 7.05 Å². The maximum absolute atomic E-state index is 12.5. The predicted molar refractivity (Wildman–Crippen MR) is 113 cm³/mol. The van der Waals surface area contributed by atoms with Crippen LogP contribution in [0.4, 0.5) is 0 Å². The third kappa shape index (κ3) is 4.29. The highest BCUT2D eigenvalue weighted by Crippen LogP contribution is 2.35. The average Bonchev–Trinajstić information content (AvgIpc) is 3.34. The lowest BCUT2D eigenvalue weighted by Crippen LogP contribution is -2.32. The Morgan fingerprint density at radius 3 is 2.57 bits per heavy atom. The Kier molecular flexibility index (Phi) is 5.44. The molecule has 2 aromatic carbocycles. The molecule has 1 aliphatic rings. The molecule has 1 aromatic heterocycles. The number of rotatable bonds is 7. The van der Waals surface area contributed by atoms with Gasteiger partial charge in [0, 0.05) is 38.2 Å². The highest BCUT2D eigenvalue weighted by atomic mass is 32.2. The van der Waals surface area contributed by atoms with Crippen molar-refractivity contribution >= 4 is 15.9 Å². The van der Waals surface area contributed by atoms with Crippen molar-refractivity contribution in [1.82, 2.24) is 19.8 Å². The quantitative estimate of drug-likeness (QED) is 0.606. The van der Waals surface area contributed by atoms with Gasteiger partial charge in [-0.05, 0) is 23.1 Å². The van der Waals surface area contributed by atoms with E-state index in [0.717, 1.165) is 23.1 Å². The third-order valence-corrected chi connectivity index (χ3v) is 6.86. The average molecular weight is 425 g/mol. The molecule has 1 saturated heterocycles. The van der Waals surface area contributed by atoms with Gasteiger partial charge in [0.1, 0.15) is 4.90 Å². The zero-order chi connectivity index (χ0) is 21.2. The van der Waals surface area contributed by atoms with Crippen LogP contribution in [0.15, 0.2) is 71.9 Å². The highest BCUT2D eigenvalue weighted by molar-refractivity contribution is 7.89. The van der Waals surface area contributed by atoms with Gasteiger partial charge in [0.15, 0.2) is 0 Å². The Morgan fingerprint density at radius 2 is 1.90 bits per heavy atom. The number of nitrogens with zero attached hydrogens (tertiary/aromatic N) is 2. The Bertz CT molecular complexity index is 1160. The lowest BCUT2D eigenvalue weighted by atomic mass is 9.74. The van der Waals surface area contributed by atoms with Gasteiger partial charge in [-0.3, -0.25) is 9.48 Å². The summed E-state index contributed by atoms with van der Waals surface area (Å²) in [6, 6.07) is 17.9. The summed E-state index contributed by atoms with van der Waals surface area (Å²) in [4.78, 5) is 12.2. The fraction of sp³-hybridized carbons (Fsp3) is 0.273. The smallest absolute Gasteiger partial charge is 0.243 e. The van der Waals surface area contributed by atoms with Gasteiger partial charge < -0.3 is 5.32 Å². The number of sulfonamides is 1. The van der Waals surface area contributed by atoms with Crippen LogP contribution >= 0.6 is 0 Å². The van der Waals surface area contributed by atoms with E-state index in [2.05, 4.69) is 27.3 Å². The molecule has 3 aromatic rings. The number of hydrogen-bond acceptors (Lipinski definition) is 4. The zero-order valence-corrected chi connectivity index (χ0v) is 17.5. The van der Waals surface area contributed by atoms with Gasteiger partial charge in [0.25, 0.3) is 0 Å². The van der Waals surface area contributed by atoms with Crippen LogP contribution in [0.3, 0.4) is 0 Å². The molecule has 0 radical (unpaired) electrons. The van der Waals surface area contributed by atoms with Crippen molar-refractivity contribution in [3.05, 3.63) is 83.7 Å². The number of aromatic nitrogens is 2. The summed E-state index contributed by atoms with van der Waals surface area (Å²) in [7, 11) is -1.97. The largest absolute Gasteiger partial charge is 0.355 e. The first-order valence-electron chi connectivity index (χ1n) is 9.75. The van der Waals surface area contributed by atoms with E-state index in [-0.39, 0.29) is 22.8 Å². The molecule has 1 fully saturated rings. The molecule has 0 spiro atoms. The molecule has 8 heteroatoms. The van der Waals surface area contributed by atoms with Gasteiger partial charge in [0.05, 0.1) is 6.20 Å². The molecule has 1 amide bonds. The van der Waals surface area contributed by atoms with Gasteiger partial charge in [-0.15, -0.1) is 0 Å². The summed E-state index contributed by atoms with van der Waals surface area (Å²) in [5.41, 5.74) is 2.68. The normalized spacial score (nSPS) is 19.0. The minimum absolute atomic E-state index is 0.0358. The molecule has 0 aliphatic carbocycles. The molecule has 30 heavy (non-hydrogen) atoms. The molecule has 1 unspecified atom stereocenters. The maximum Gasteiger partial charge on any atom is 0.243 e. The first kappa shape index (κ1) is 20.3. The second-order valence-electron chi connectivity index (χ2n) is 7.77. The van der Waals surface area contributed by atoms with E-state index in [0.29, 0.717) is 13.0 Å². The van der Waals surface area contributed by atoms with Gasteiger partial charge in [0.2, 0.25) is 15.9 Å². The van der Waals surface area contributed by atoms with E-state index in [9.17, 15) is 13.2 Å². The minimum atomic E-state index is -3.64. The number of carbonyl (C=O) groups is 1. The summed E-state index contributed by atoms with van der Waals surface area (Å²) in [5.74, 6) is 0.0358. The molecule has 7 nitrogen and oxygen atoms in total. The van der Waals surface area contributed by atoms with Crippen LogP contribution in [0.2, 0.25) is 0 Å². The number of aryl methyl sites for hydroxylation is 1. The molecular formula is C22H24N4O3S. The van der Waals surface area contributed by atoms with Gasteiger partial charge in [-0.25, -0.2) is 13.1 Å². The second-order valence-corrected chi connectivity index (χ2v) is 9.54. The maximum atomic E-state index is 12.5. The zero-order valence-electron chi connectivity index (χ0n) is 16.7. The Balaban J connectivity index is 1.57. The molecule has 156 valence electrons. The van der Waals surface area contributed by atoms with Crippen LogP contribution in [0.25, 0.3) is 0 Å². The number of amides is 1. The van der Waals surface area contributed by atoms with Crippen LogP contribution < -0.4 is 10.0 Å². The summed E-state index contributed by atoms with van der Waals surface area (Å²) >= 11 is 0. The summed E-state index contributed by atoms with van der Waals surface area (Å²) in [5, 5.41) is 6.89. The second kappa shape index (κ2) is 8.04. The van der Waals surface area contributed by atoms with Crippen molar-refractivity contribution in [2.75, 3.05) is 6.54 Å². The summed E-state index contributed by atoms with van der Waals surface area (Å²) in [6.07, 6.45) is 3.93. The molecule has 1 atom stereocenters. The summed E-state index contributed by atoms with van der Waals surface area (Å²) < 4.78 is 29.1. The van der Waals surface area contributed by atoms with Gasteiger partial charge in [-0.2, -0.15) is 5.10 Å². The molecule has 0 saturated carbocycles. The van der Waals surface area contributed by atoms with E-state index in [4.69, 9.17) is 0 Å². The first-order valence-corrected chi connectivity index (χ1v) is 11.2. The third-order valence-electron chi connectivity index (χ3n) is 5.51. The minimum Gasteiger partial charge on any atom is -0.355 e. The molecule has 4 rings (SSSR count). The standard InChI is InChI=1S/C22H24N4O3S/c1-26-15-20(14-24-26)30(28,29)25-13-18-8-5-9-19(10-18)22(12-21(27)23-16-22)11-17-6-3-2-4-7-17/h2-10,14-15,25H,11-13,16H2,1H3,(H,23,27). The predicted octanol–water partition coefficient (Wildman–Crippen LogP) is 1.90. The highest BCUT2D eigenvalue weighted by Gasteiger charge is 2.40. The van der Waals surface area contributed by atoms with Crippen LogP contribution in [-0.4, -0.2) is 30.7 Å². The summed E-state index contributed by atoms with van der Waals surface area (Å²) in [6.45, 7) is 0.722. The number of nitrogens with one attached hydrogen (secondary N) is 2. The van der Waals surface area contributed by atoms with Crippen molar-refractivity contribution in [2.24, 2.45) is 7.05 Å². The van der Waals surface area contributed by atoms with Crippen molar-refractivity contribution in [3.63, 3.8) is 0 Å². The van der Waals surface area contributed by atoms with E-state index in [1.807, 2.05) is 42.5 Å². The molecule has 2 heterocycles. The van der Waals surface area contributed by atoms with E-state index in [1.165, 1.54) is 17.1 Å². The van der Waals surface area contributed by atoms with Crippen molar-refractivity contribution in [2.45, 2.75) is 29.7 Å². The molecule has 2 N–H and O–H groups in total. The first-order chi connectivity index (χ1) is 14.4. The Morgan fingerprint density at radius 1 is 1.13 bits per heavy atom. The fourth-order valence-electron chi connectivity index (χ4n) is 3.93. The van der Waals surface area contributed by atoms with Crippen LogP contribution in [0.1, 0.15) is 23.1 Å². The van der Waals surface area contributed by atoms with E-state index < -0.39 is 10.0 Å². The van der Waals surface area contributed by atoms with Crippen molar-refractivity contribution < 1.29 is 13.2 Å². The monoisotopic (exact) mass is 424 g/mol. The number of hydrogen-bond donors (Lipinski definition) is 2. The number of carbonyl (C=O) groups excluding carboxylic acids is 1. The van der Waals surface area contributed by atoms with E-state index >= 15 is 0 Å². The SMILES string of the molecule is Cn1cc(S(=O)(=O)NCc2cccc(C3(Cc4ccccc4)CNC(=O)C3)c2)cn1. The van der Waals surface area contributed by atoms with Gasteiger partial charge in [-0.1, -0.05) is 54.6 Å². The topological polar surface area (TPSA) is 93.1 Å². The van der Waals surface area contributed by atoms with Crippen molar-refractivity contribution in [1.29, 1.82) is 0 Å².